The van der Waals surface area contributed by atoms with E-state index in [2.05, 4.69) is 86.3 Å². The minimum atomic E-state index is -1.92. The lowest BCUT2D eigenvalue weighted by Gasteiger charge is -2.08. The SMILES string of the molecule is Fc1cc(-c2ccc(Br)c(F)c2)ccc1Br.Fc1cc(I)ccc1Br.OB(O)c1ccc(-c2ccc(B(O)O)c(F)c2)cc1F.OB(O)c1ccc(Br)c(F)c1. The Morgan fingerprint density at radius 3 is 0.946 bits per heavy atom. The molecule has 6 N–H and O–H groups in total. The summed E-state index contributed by atoms with van der Waals surface area (Å²) in [5.74, 6) is -3.09. The fourth-order valence-electron chi connectivity index (χ4n) is 4.33. The van der Waals surface area contributed by atoms with Crippen LogP contribution in [-0.4, -0.2) is 51.5 Å². The molecule has 0 fully saturated rings. The van der Waals surface area contributed by atoms with Gasteiger partial charge >= 0.3 is 21.4 Å². The largest absolute Gasteiger partial charge is 0.491 e. The third kappa shape index (κ3) is 14.4. The van der Waals surface area contributed by atoms with Gasteiger partial charge in [-0.15, -0.1) is 0 Å². The van der Waals surface area contributed by atoms with Gasteiger partial charge in [0.2, 0.25) is 0 Å². The molecule has 6 aromatic rings. The van der Waals surface area contributed by atoms with E-state index in [0.29, 0.717) is 40.1 Å². The van der Waals surface area contributed by atoms with E-state index >= 15 is 0 Å². The molecule has 0 aliphatic carbocycles. The summed E-state index contributed by atoms with van der Waals surface area (Å²) in [7, 11) is -5.46. The summed E-state index contributed by atoms with van der Waals surface area (Å²) in [6.45, 7) is 0. The molecule has 0 aromatic heterocycles. The van der Waals surface area contributed by atoms with Crippen LogP contribution in [-0.2, 0) is 0 Å². The molecule has 56 heavy (non-hydrogen) atoms. The van der Waals surface area contributed by atoms with Crippen LogP contribution < -0.4 is 16.4 Å². The summed E-state index contributed by atoms with van der Waals surface area (Å²) in [6.07, 6.45) is 0. The van der Waals surface area contributed by atoms with E-state index in [1.807, 2.05) is 6.07 Å². The highest BCUT2D eigenvalue weighted by molar-refractivity contribution is 14.1. The van der Waals surface area contributed by atoms with E-state index in [0.717, 1.165) is 21.8 Å². The molecule has 0 heterocycles. The molecule has 0 radical (unpaired) electrons. The average Bonchev–Trinajstić information content (AvgIpc) is 3.14. The second kappa shape index (κ2) is 22.6. The van der Waals surface area contributed by atoms with Crippen molar-refractivity contribution in [2.24, 2.45) is 0 Å². The third-order valence-corrected chi connectivity index (χ3v) is 10.4. The van der Waals surface area contributed by atoms with Crippen LogP contribution in [0.25, 0.3) is 22.3 Å². The van der Waals surface area contributed by atoms with Crippen LogP contribution in [0, 0.1) is 38.5 Å². The molecule has 0 amide bonds. The van der Waals surface area contributed by atoms with Crippen LogP contribution >= 0.6 is 86.3 Å². The van der Waals surface area contributed by atoms with Crippen LogP contribution in [0.15, 0.2) is 127 Å². The predicted molar refractivity (Wildman–Crippen MR) is 229 cm³/mol. The van der Waals surface area contributed by atoms with Crippen molar-refractivity contribution in [2.45, 2.75) is 0 Å². The molecule has 0 saturated carbocycles. The molecule has 6 nitrogen and oxygen atoms in total. The second-order valence-corrected chi connectivity index (χ2v) is 15.7. The zero-order valence-electron chi connectivity index (χ0n) is 28.0. The first-order chi connectivity index (χ1) is 26.3. The number of hydrogen-bond donors (Lipinski definition) is 6. The Kier molecular flexibility index (Phi) is 19.3. The molecular formula is C36H24B3Br4F6IO6. The molecule has 0 aliphatic heterocycles. The lowest BCUT2D eigenvalue weighted by molar-refractivity contribution is 0.421. The van der Waals surface area contributed by atoms with Gasteiger partial charge in [-0.1, -0.05) is 42.5 Å². The van der Waals surface area contributed by atoms with E-state index in [-0.39, 0.29) is 33.8 Å². The summed E-state index contributed by atoms with van der Waals surface area (Å²) in [4.78, 5) is 0. The zero-order valence-corrected chi connectivity index (χ0v) is 36.5. The van der Waals surface area contributed by atoms with E-state index in [9.17, 15) is 26.3 Å². The van der Waals surface area contributed by atoms with Crippen LogP contribution in [0.3, 0.4) is 0 Å². The van der Waals surface area contributed by atoms with Crippen molar-refractivity contribution in [3.63, 3.8) is 0 Å². The molecule has 0 spiro atoms. The zero-order chi connectivity index (χ0) is 41.9. The maximum Gasteiger partial charge on any atom is 0.491 e. The first-order valence-electron chi connectivity index (χ1n) is 15.4. The van der Waals surface area contributed by atoms with Crippen molar-refractivity contribution in [1.29, 1.82) is 0 Å². The molecule has 6 rings (SSSR count). The summed E-state index contributed by atoms with van der Waals surface area (Å²) in [6, 6.07) is 25.6. The highest BCUT2D eigenvalue weighted by atomic mass is 127. The van der Waals surface area contributed by atoms with Crippen molar-refractivity contribution >= 4 is 124 Å². The number of rotatable bonds is 5. The van der Waals surface area contributed by atoms with Crippen LogP contribution in [0.2, 0.25) is 0 Å². The minimum Gasteiger partial charge on any atom is -0.423 e. The molecule has 0 unspecified atom stereocenters. The fourth-order valence-corrected chi connectivity index (χ4v) is 5.77. The number of hydrogen-bond acceptors (Lipinski definition) is 6. The van der Waals surface area contributed by atoms with Crippen molar-refractivity contribution < 1.29 is 56.5 Å². The summed E-state index contributed by atoms with van der Waals surface area (Å²) < 4.78 is 81.5. The molecule has 0 atom stereocenters. The Labute approximate surface area is 365 Å². The minimum absolute atomic E-state index is 0.144. The predicted octanol–water partition coefficient (Wildman–Crippen LogP) is 7.61. The van der Waals surface area contributed by atoms with E-state index in [1.165, 1.54) is 54.6 Å². The third-order valence-electron chi connectivity index (χ3n) is 7.19. The van der Waals surface area contributed by atoms with E-state index in [4.69, 9.17) is 30.1 Å². The average molecular weight is 1150 g/mol. The van der Waals surface area contributed by atoms with Gasteiger partial charge in [-0.25, -0.2) is 26.3 Å². The lowest BCUT2D eigenvalue weighted by Crippen LogP contribution is -2.33. The monoisotopic (exact) mass is 1140 g/mol. The standard InChI is InChI=1S/C12H10B2F2O4.C12H6Br2F2.C6H5BBrFO2.C6H3BrFI/c15-11-5-7(1-3-9(11)13(17)18)8-2-4-10(14(19)20)12(16)6-8;13-9-3-1-7(5-11(9)15)8-2-4-10(14)12(16)6-8;8-5-2-1-4(7(10)11)3-6(5)9;7-5-2-1-4(9)3-6(5)8/h1-6,17-20H;1-6H;1-3,10-11H;1-3H. The maximum atomic E-state index is 13.6. The number of benzene rings is 6. The van der Waals surface area contributed by atoms with Crippen LogP contribution in [0.1, 0.15) is 0 Å². The Morgan fingerprint density at radius 2 is 0.661 bits per heavy atom. The highest BCUT2D eigenvalue weighted by Crippen LogP contribution is 2.27. The van der Waals surface area contributed by atoms with Gasteiger partial charge in [0.25, 0.3) is 0 Å². The Bertz CT molecular complexity index is 2180. The molecule has 0 saturated heterocycles. The van der Waals surface area contributed by atoms with Gasteiger partial charge in [-0.05, 0) is 181 Å². The van der Waals surface area contributed by atoms with Crippen molar-refractivity contribution in [1.82, 2.24) is 0 Å². The topological polar surface area (TPSA) is 121 Å². The summed E-state index contributed by atoms with van der Waals surface area (Å²) >= 11 is 14.2. The highest BCUT2D eigenvalue weighted by Gasteiger charge is 2.19. The molecule has 20 heteroatoms. The van der Waals surface area contributed by atoms with Crippen molar-refractivity contribution in [3.05, 3.63) is 166 Å². The summed E-state index contributed by atoms with van der Waals surface area (Å²) in [5, 5.41) is 52.9. The Morgan fingerprint density at radius 1 is 0.357 bits per heavy atom. The van der Waals surface area contributed by atoms with Crippen LogP contribution in [0.4, 0.5) is 26.3 Å². The summed E-state index contributed by atoms with van der Waals surface area (Å²) in [5.41, 5.74) is 1.52. The van der Waals surface area contributed by atoms with E-state index in [1.54, 1.807) is 30.3 Å². The van der Waals surface area contributed by atoms with Gasteiger partial charge in [-0.2, -0.15) is 0 Å². The maximum absolute atomic E-state index is 13.6. The van der Waals surface area contributed by atoms with Gasteiger partial charge < -0.3 is 30.1 Å². The van der Waals surface area contributed by atoms with E-state index < -0.39 is 38.8 Å². The quantitative estimate of drug-likeness (QED) is 0.0458. The molecule has 0 bridgehead atoms. The molecule has 0 aliphatic rings. The van der Waals surface area contributed by atoms with Gasteiger partial charge in [-0.3, -0.25) is 0 Å². The molecule has 6 aromatic carbocycles. The van der Waals surface area contributed by atoms with Crippen molar-refractivity contribution in [2.75, 3.05) is 0 Å². The van der Waals surface area contributed by atoms with Gasteiger partial charge in [0.1, 0.15) is 34.9 Å². The van der Waals surface area contributed by atoms with Crippen molar-refractivity contribution in [3.8, 4) is 22.3 Å². The molecule has 290 valence electrons. The smallest absolute Gasteiger partial charge is 0.423 e. The Balaban J connectivity index is 0.000000209. The first-order valence-corrected chi connectivity index (χ1v) is 19.7. The van der Waals surface area contributed by atoms with Gasteiger partial charge in [0.15, 0.2) is 0 Å². The van der Waals surface area contributed by atoms with Gasteiger partial charge in [0, 0.05) is 14.5 Å². The molecular weight excluding hydrogens is 1120 g/mol. The lowest BCUT2D eigenvalue weighted by atomic mass is 9.78. The normalized spacial score (nSPS) is 10.2. The number of halogens is 11. The first kappa shape index (κ1) is 47.9. The fraction of sp³-hybridized carbons (Fsp3) is 0. The van der Waals surface area contributed by atoms with Gasteiger partial charge in [0.05, 0.1) is 17.9 Å². The van der Waals surface area contributed by atoms with Crippen LogP contribution in [0.5, 0.6) is 0 Å². The Hall–Kier alpha value is -2.50. The second-order valence-electron chi connectivity index (χ2n) is 11.1.